The number of carbonyl (C=O) groups excluding carboxylic acids is 1. The molecule has 0 fully saturated rings. The first-order chi connectivity index (χ1) is 6.61. The van der Waals surface area contributed by atoms with Crippen LogP contribution in [0.25, 0.3) is 0 Å². The van der Waals surface area contributed by atoms with Gasteiger partial charge in [0.2, 0.25) is 0 Å². The van der Waals surface area contributed by atoms with Crippen molar-refractivity contribution in [3.63, 3.8) is 0 Å². The summed E-state index contributed by atoms with van der Waals surface area (Å²) >= 11 is 3.31. The van der Waals surface area contributed by atoms with Crippen molar-refractivity contribution in [3.05, 3.63) is 34.3 Å². The van der Waals surface area contributed by atoms with Crippen molar-refractivity contribution in [3.8, 4) is 0 Å². The molecule has 1 aromatic rings. The third-order valence-corrected chi connectivity index (χ3v) is 2.39. The maximum atomic E-state index is 11.6. The molecule has 0 aliphatic carbocycles. The van der Waals surface area contributed by atoms with Crippen LogP contribution in [0.2, 0.25) is 0 Å². The van der Waals surface area contributed by atoms with Gasteiger partial charge in [-0.3, -0.25) is 4.79 Å². The van der Waals surface area contributed by atoms with E-state index >= 15 is 0 Å². The molecular formula is C10H13BrN2O. The molecule has 3 nitrogen and oxygen atoms in total. The van der Waals surface area contributed by atoms with Crippen LogP contribution in [0.3, 0.4) is 0 Å². The molecule has 0 aliphatic rings. The normalized spacial score (nSPS) is 12.2. The zero-order valence-electron chi connectivity index (χ0n) is 7.96. The Kier molecular flexibility index (Phi) is 4.10. The summed E-state index contributed by atoms with van der Waals surface area (Å²) in [6.07, 6.45) is 0. The van der Waals surface area contributed by atoms with Gasteiger partial charge in [0.1, 0.15) is 0 Å². The lowest BCUT2D eigenvalue weighted by Gasteiger charge is -2.08. The van der Waals surface area contributed by atoms with Gasteiger partial charge in [-0.15, -0.1) is 0 Å². The molecule has 1 amide bonds. The van der Waals surface area contributed by atoms with Crippen LogP contribution in [0.4, 0.5) is 0 Å². The second-order valence-corrected chi connectivity index (χ2v) is 4.02. The highest BCUT2D eigenvalue weighted by atomic mass is 79.9. The fraction of sp³-hybridized carbons (Fsp3) is 0.300. The summed E-state index contributed by atoms with van der Waals surface area (Å²) in [5.41, 5.74) is 6.16. The topological polar surface area (TPSA) is 55.1 Å². The highest BCUT2D eigenvalue weighted by Crippen LogP contribution is 2.15. The minimum atomic E-state index is -0.102. The van der Waals surface area contributed by atoms with Gasteiger partial charge < -0.3 is 11.1 Å². The Balaban J connectivity index is 2.65. The molecule has 0 aliphatic heterocycles. The number of carbonyl (C=O) groups is 1. The predicted molar refractivity (Wildman–Crippen MR) is 60.1 cm³/mol. The van der Waals surface area contributed by atoms with E-state index in [1.165, 1.54) is 0 Å². The van der Waals surface area contributed by atoms with Gasteiger partial charge in [-0.25, -0.2) is 0 Å². The van der Waals surface area contributed by atoms with Gasteiger partial charge >= 0.3 is 0 Å². The van der Waals surface area contributed by atoms with E-state index in [1.807, 2.05) is 25.1 Å². The number of hydrogen-bond acceptors (Lipinski definition) is 2. The van der Waals surface area contributed by atoms with E-state index in [0.29, 0.717) is 12.1 Å². The number of hydrogen-bond donors (Lipinski definition) is 2. The predicted octanol–water partition coefficient (Wildman–Crippen LogP) is 1.53. The number of rotatable bonds is 3. The summed E-state index contributed by atoms with van der Waals surface area (Å²) in [7, 11) is 0. The molecule has 1 unspecified atom stereocenters. The van der Waals surface area contributed by atoms with E-state index in [2.05, 4.69) is 21.2 Å². The summed E-state index contributed by atoms with van der Waals surface area (Å²) in [6.45, 7) is 2.33. The Hall–Kier alpha value is -0.870. The Morgan fingerprint density at radius 2 is 2.21 bits per heavy atom. The SMILES string of the molecule is CC(N)CNC(=O)c1ccccc1Br. The monoisotopic (exact) mass is 256 g/mol. The van der Waals surface area contributed by atoms with Crippen LogP contribution in [-0.2, 0) is 0 Å². The molecule has 76 valence electrons. The minimum absolute atomic E-state index is 0.0264. The Morgan fingerprint density at radius 3 is 2.79 bits per heavy atom. The Labute approximate surface area is 91.8 Å². The molecule has 0 radical (unpaired) electrons. The lowest BCUT2D eigenvalue weighted by atomic mass is 10.2. The summed E-state index contributed by atoms with van der Waals surface area (Å²) in [6, 6.07) is 7.26. The Bertz CT molecular complexity index is 326. The van der Waals surface area contributed by atoms with Gasteiger partial charge in [0, 0.05) is 17.1 Å². The molecule has 0 heterocycles. The summed E-state index contributed by atoms with van der Waals surface area (Å²) in [5.74, 6) is -0.102. The number of benzene rings is 1. The molecule has 1 atom stereocenters. The molecule has 0 spiro atoms. The first-order valence-corrected chi connectivity index (χ1v) is 5.19. The highest BCUT2D eigenvalue weighted by Gasteiger charge is 2.08. The van der Waals surface area contributed by atoms with Gasteiger partial charge in [-0.2, -0.15) is 0 Å². The lowest BCUT2D eigenvalue weighted by molar-refractivity contribution is 0.0951. The molecule has 0 saturated carbocycles. The van der Waals surface area contributed by atoms with Crippen molar-refractivity contribution in [2.45, 2.75) is 13.0 Å². The smallest absolute Gasteiger partial charge is 0.252 e. The fourth-order valence-electron chi connectivity index (χ4n) is 0.994. The maximum Gasteiger partial charge on any atom is 0.252 e. The van der Waals surface area contributed by atoms with Crippen molar-refractivity contribution in [1.82, 2.24) is 5.32 Å². The van der Waals surface area contributed by atoms with E-state index in [1.54, 1.807) is 6.07 Å². The molecule has 0 aromatic heterocycles. The third-order valence-electron chi connectivity index (χ3n) is 1.70. The van der Waals surface area contributed by atoms with Crippen LogP contribution in [0.15, 0.2) is 28.7 Å². The first-order valence-electron chi connectivity index (χ1n) is 4.39. The van der Waals surface area contributed by atoms with Gasteiger partial charge in [0.15, 0.2) is 0 Å². The first kappa shape index (κ1) is 11.2. The molecule has 14 heavy (non-hydrogen) atoms. The molecule has 0 bridgehead atoms. The zero-order valence-corrected chi connectivity index (χ0v) is 9.54. The van der Waals surface area contributed by atoms with Gasteiger partial charge in [-0.05, 0) is 35.0 Å². The number of halogens is 1. The third kappa shape index (κ3) is 3.12. The molecular weight excluding hydrogens is 244 g/mol. The molecule has 1 rings (SSSR count). The summed E-state index contributed by atoms with van der Waals surface area (Å²) < 4.78 is 0.794. The average Bonchev–Trinajstić information content (AvgIpc) is 2.15. The quantitative estimate of drug-likeness (QED) is 0.862. The van der Waals surface area contributed by atoms with E-state index < -0.39 is 0 Å². The van der Waals surface area contributed by atoms with Crippen LogP contribution in [0.5, 0.6) is 0 Å². The van der Waals surface area contributed by atoms with E-state index in [-0.39, 0.29) is 11.9 Å². The van der Waals surface area contributed by atoms with Crippen molar-refractivity contribution >= 4 is 21.8 Å². The second-order valence-electron chi connectivity index (χ2n) is 3.17. The van der Waals surface area contributed by atoms with Gasteiger partial charge in [0.25, 0.3) is 5.91 Å². The van der Waals surface area contributed by atoms with E-state index in [0.717, 1.165) is 4.47 Å². The van der Waals surface area contributed by atoms with Crippen LogP contribution in [0.1, 0.15) is 17.3 Å². The van der Waals surface area contributed by atoms with Crippen LogP contribution < -0.4 is 11.1 Å². The maximum absolute atomic E-state index is 11.6. The average molecular weight is 257 g/mol. The van der Waals surface area contributed by atoms with Crippen molar-refractivity contribution in [2.24, 2.45) is 5.73 Å². The number of nitrogens with one attached hydrogen (secondary N) is 1. The molecule has 4 heteroatoms. The minimum Gasteiger partial charge on any atom is -0.350 e. The van der Waals surface area contributed by atoms with E-state index in [4.69, 9.17) is 5.73 Å². The van der Waals surface area contributed by atoms with Gasteiger partial charge in [-0.1, -0.05) is 12.1 Å². The van der Waals surface area contributed by atoms with Gasteiger partial charge in [0.05, 0.1) is 5.56 Å². The van der Waals surface area contributed by atoms with Crippen molar-refractivity contribution in [2.75, 3.05) is 6.54 Å². The zero-order chi connectivity index (χ0) is 10.6. The fourth-order valence-corrected chi connectivity index (χ4v) is 1.46. The van der Waals surface area contributed by atoms with Crippen LogP contribution in [0, 0.1) is 0 Å². The van der Waals surface area contributed by atoms with Crippen LogP contribution >= 0.6 is 15.9 Å². The highest BCUT2D eigenvalue weighted by molar-refractivity contribution is 9.10. The van der Waals surface area contributed by atoms with Crippen LogP contribution in [-0.4, -0.2) is 18.5 Å². The largest absolute Gasteiger partial charge is 0.350 e. The summed E-state index contributed by atoms with van der Waals surface area (Å²) in [4.78, 5) is 11.6. The second kappa shape index (κ2) is 5.12. The molecule has 3 N–H and O–H groups in total. The van der Waals surface area contributed by atoms with E-state index in [9.17, 15) is 4.79 Å². The number of nitrogens with two attached hydrogens (primary N) is 1. The standard InChI is InChI=1S/C10H13BrN2O/c1-7(12)6-13-10(14)8-4-2-3-5-9(8)11/h2-5,7H,6,12H2,1H3,(H,13,14). The van der Waals surface area contributed by atoms with Crippen molar-refractivity contribution < 1.29 is 4.79 Å². The molecule has 1 aromatic carbocycles. The number of amides is 1. The summed E-state index contributed by atoms with van der Waals surface area (Å²) in [5, 5.41) is 2.75. The lowest BCUT2D eigenvalue weighted by Crippen LogP contribution is -2.35. The Morgan fingerprint density at radius 1 is 1.57 bits per heavy atom. The molecule has 0 saturated heterocycles. The van der Waals surface area contributed by atoms with Crippen molar-refractivity contribution in [1.29, 1.82) is 0 Å².